The van der Waals surface area contributed by atoms with Gasteiger partial charge in [-0.15, -0.1) is 0 Å². The second-order valence-electron chi connectivity index (χ2n) is 6.10. The minimum Gasteiger partial charge on any atom is -0.435 e. The van der Waals surface area contributed by atoms with E-state index < -0.39 is 6.61 Å². The van der Waals surface area contributed by atoms with Crippen molar-refractivity contribution in [3.8, 4) is 5.75 Å². The standard InChI is InChI=1S/C18H28F2N4O2/c1-3-21-18(22-12-14(2)24-7-9-25-10-8-24)23-13-15-5-4-6-16(11-15)26-17(19)20/h4-6,11,14,17H,3,7-10,12-13H2,1-2H3,(H2,21,22,23). The molecule has 1 atom stereocenters. The SMILES string of the molecule is CCNC(=NCc1cccc(OC(F)F)c1)NCC(C)N1CCOCC1. The van der Waals surface area contributed by atoms with Crippen molar-refractivity contribution < 1.29 is 18.3 Å². The van der Waals surface area contributed by atoms with Gasteiger partial charge < -0.3 is 20.1 Å². The predicted octanol–water partition coefficient (Wildman–Crippen LogP) is 2.06. The maximum absolute atomic E-state index is 12.3. The summed E-state index contributed by atoms with van der Waals surface area (Å²) >= 11 is 0. The molecular formula is C18H28F2N4O2. The van der Waals surface area contributed by atoms with Crippen LogP contribution in [-0.2, 0) is 11.3 Å². The first-order chi connectivity index (χ1) is 12.6. The third-order valence-corrected chi connectivity index (χ3v) is 4.12. The van der Waals surface area contributed by atoms with Gasteiger partial charge in [-0.2, -0.15) is 8.78 Å². The molecule has 1 aromatic rings. The average Bonchev–Trinajstić information content (AvgIpc) is 2.64. The predicted molar refractivity (Wildman–Crippen MR) is 97.7 cm³/mol. The molecule has 146 valence electrons. The molecular weight excluding hydrogens is 342 g/mol. The molecule has 0 amide bonds. The van der Waals surface area contributed by atoms with Crippen molar-refractivity contribution in [2.75, 3.05) is 39.4 Å². The van der Waals surface area contributed by atoms with E-state index in [2.05, 4.69) is 32.2 Å². The third-order valence-electron chi connectivity index (χ3n) is 4.12. The maximum Gasteiger partial charge on any atom is 0.387 e. The molecule has 0 spiro atoms. The van der Waals surface area contributed by atoms with Gasteiger partial charge in [0.1, 0.15) is 5.75 Å². The van der Waals surface area contributed by atoms with E-state index in [1.54, 1.807) is 12.1 Å². The fourth-order valence-electron chi connectivity index (χ4n) is 2.72. The summed E-state index contributed by atoms with van der Waals surface area (Å²) < 4.78 is 34.4. The zero-order valence-corrected chi connectivity index (χ0v) is 15.4. The van der Waals surface area contributed by atoms with Gasteiger partial charge >= 0.3 is 6.61 Å². The second-order valence-corrected chi connectivity index (χ2v) is 6.10. The number of benzene rings is 1. The molecule has 2 N–H and O–H groups in total. The van der Waals surface area contributed by atoms with Crippen LogP contribution in [0.4, 0.5) is 8.78 Å². The van der Waals surface area contributed by atoms with E-state index in [1.807, 2.05) is 13.0 Å². The first-order valence-electron chi connectivity index (χ1n) is 8.96. The molecule has 1 unspecified atom stereocenters. The molecule has 0 aromatic heterocycles. The van der Waals surface area contributed by atoms with Crippen LogP contribution in [-0.4, -0.2) is 62.9 Å². The lowest BCUT2D eigenvalue weighted by Crippen LogP contribution is -2.49. The zero-order chi connectivity index (χ0) is 18.8. The molecule has 1 fully saturated rings. The van der Waals surface area contributed by atoms with E-state index in [1.165, 1.54) is 6.07 Å². The Morgan fingerprint density at radius 1 is 1.31 bits per heavy atom. The average molecular weight is 370 g/mol. The first-order valence-corrected chi connectivity index (χ1v) is 8.96. The van der Waals surface area contributed by atoms with Crippen molar-refractivity contribution in [2.45, 2.75) is 33.0 Å². The Morgan fingerprint density at radius 2 is 2.08 bits per heavy atom. The normalized spacial score (nSPS) is 17.2. The highest BCUT2D eigenvalue weighted by Crippen LogP contribution is 2.16. The second kappa shape index (κ2) is 10.9. The van der Waals surface area contributed by atoms with E-state index in [0.29, 0.717) is 18.5 Å². The van der Waals surface area contributed by atoms with Gasteiger partial charge in [-0.05, 0) is 31.5 Å². The fraction of sp³-hybridized carbons (Fsp3) is 0.611. The number of hydrogen-bond acceptors (Lipinski definition) is 4. The van der Waals surface area contributed by atoms with Crippen LogP contribution in [0.3, 0.4) is 0 Å². The van der Waals surface area contributed by atoms with Crippen LogP contribution >= 0.6 is 0 Å². The summed E-state index contributed by atoms with van der Waals surface area (Å²) in [6.07, 6.45) is 0. The molecule has 0 radical (unpaired) electrons. The van der Waals surface area contributed by atoms with Gasteiger partial charge in [0.2, 0.25) is 0 Å². The van der Waals surface area contributed by atoms with Crippen molar-refractivity contribution in [3.63, 3.8) is 0 Å². The van der Waals surface area contributed by atoms with Crippen LogP contribution in [0, 0.1) is 0 Å². The number of morpholine rings is 1. The molecule has 1 aliphatic heterocycles. The summed E-state index contributed by atoms with van der Waals surface area (Å²) in [6.45, 7) is 6.65. The van der Waals surface area contributed by atoms with Gasteiger partial charge in [0, 0.05) is 32.2 Å². The molecule has 1 aromatic carbocycles. The lowest BCUT2D eigenvalue weighted by molar-refractivity contribution is -0.0498. The Morgan fingerprint density at radius 3 is 2.77 bits per heavy atom. The highest BCUT2D eigenvalue weighted by atomic mass is 19.3. The molecule has 2 rings (SSSR count). The number of nitrogens with zero attached hydrogens (tertiary/aromatic N) is 2. The van der Waals surface area contributed by atoms with Crippen LogP contribution in [0.1, 0.15) is 19.4 Å². The molecule has 1 saturated heterocycles. The summed E-state index contributed by atoms with van der Waals surface area (Å²) in [5.74, 6) is 0.847. The van der Waals surface area contributed by atoms with Crippen molar-refractivity contribution in [1.29, 1.82) is 0 Å². The minimum atomic E-state index is -2.82. The van der Waals surface area contributed by atoms with E-state index in [4.69, 9.17) is 4.74 Å². The number of hydrogen-bond donors (Lipinski definition) is 2. The Bertz CT molecular complexity index is 566. The van der Waals surface area contributed by atoms with Crippen LogP contribution in [0.25, 0.3) is 0 Å². The number of halogens is 2. The zero-order valence-electron chi connectivity index (χ0n) is 15.4. The van der Waals surface area contributed by atoms with Crippen molar-refractivity contribution in [3.05, 3.63) is 29.8 Å². The lowest BCUT2D eigenvalue weighted by atomic mass is 10.2. The van der Waals surface area contributed by atoms with Crippen molar-refractivity contribution >= 4 is 5.96 Å². The topological polar surface area (TPSA) is 58.1 Å². The van der Waals surface area contributed by atoms with Gasteiger partial charge in [-0.25, -0.2) is 4.99 Å². The highest BCUT2D eigenvalue weighted by molar-refractivity contribution is 5.79. The Kier molecular flexibility index (Phi) is 8.57. The Hall–Kier alpha value is -1.93. The third kappa shape index (κ3) is 7.13. The summed E-state index contributed by atoms with van der Waals surface area (Å²) in [4.78, 5) is 6.91. The van der Waals surface area contributed by atoms with Gasteiger partial charge in [0.05, 0.1) is 19.8 Å². The van der Waals surface area contributed by atoms with Crippen LogP contribution in [0.2, 0.25) is 0 Å². The Labute approximate surface area is 153 Å². The molecule has 8 heteroatoms. The minimum absolute atomic E-state index is 0.145. The van der Waals surface area contributed by atoms with Gasteiger partial charge in [0.15, 0.2) is 5.96 Å². The largest absolute Gasteiger partial charge is 0.435 e. The summed E-state index contributed by atoms with van der Waals surface area (Å²) in [6, 6.07) is 6.97. The monoisotopic (exact) mass is 370 g/mol. The molecule has 0 bridgehead atoms. The number of nitrogens with one attached hydrogen (secondary N) is 2. The van der Waals surface area contributed by atoms with Crippen LogP contribution < -0.4 is 15.4 Å². The Balaban J connectivity index is 1.89. The summed E-state index contributed by atoms with van der Waals surface area (Å²) in [5, 5.41) is 6.54. The van der Waals surface area contributed by atoms with E-state index in [9.17, 15) is 8.78 Å². The molecule has 1 aliphatic rings. The van der Waals surface area contributed by atoms with Crippen molar-refractivity contribution in [1.82, 2.24) is 15.5 Å². The lowest BCUT2D eigenvalue weighted by Gasteiger charge is -2.32. The van der Waals surface area contributed by atoms with Gasteiger partial charge in [-0.1, -0.05) is 12.1 Å². The van der Waals surface area contributed by atoms with E-state index in [0.717, 1.165) is 45.0 Å². The van der Waals surface area contributed by atoms with Gasteiger partial charge in [0.25, 0.3) is 0 Å². The number of rotatable bonds is 8. The first kappa shape index (κ1) is 20.4. The molecule has 0 saturated carbocycles. The summed E-state index contributed by atoms with van der Waals surface area (Å²) in [7, 11) is 0. The molecule has 0 aliphatic carbocycles. The number of alkyl halides is 2. The fourth-order valence-corrected chi connectivity index (χ4v) is 2.72. The number of aliphatic imine (C=N–C) groups is 1. The van der Waals surface area contributed by atoms with Gasteiger partial charge in [-0.3, -0.25) is 4.90 Å². The summed E-state index contributed by atoms with van der Waals surface area (Å²) in [5.41, 5.74) is 0.807. The quantitative estimate of drug-likeness (QED) is 0.542. The van der Waals surface area contributed by atoms with Crippen molar-refractivity contribution in [2.24, 2.45) is 4.99 Å². The maximum atomic E-state index is 12.3. The van der Waals surface area contributed by atoms with Crippen LogP contribution in [0.15, 0.2) is 29.3 Å². The van der Waals surface area contributed by atoms with Crippen LogP contribution in [0.5, 0.6) is 5.75 Å². The molecule has 26 heavy (non-hydrogen) atoms. The van der Waals surface area contributed by atoms with E-state index in [-0.39, 0.29) is 5.75 Å². The molecule has 6 nitrogen and oxygen atoms in total. The van der Waals surface area contributed by atoms with E-state index >= 15 is 0 Å². The molecule has 1 heterocycles. The number of ether oxygens (including phenoxy) is 2. The highest BCUT2D eigenvalue weighted by Gasteiger charge is 2.17. The smallest absolute Gasteiger partial charge is 0.387 e. The number of guanidine groups is 1.